The highest BCUT2D eigenvalue weighted by molar-refractivity contribution is 7.22. The highest BCUT2D eigenvalue weighted by atomic mass is 32.1. The molecular weight excluding hydrogens is 325 g/mol. The number of rotatable bonds is 4. The molecule has 0 atom stereocenters. The SMILES string of the molecule is Cc1ccc(NC(=O)CN(C)c2nc3c(F)cccc3s2)cc1C. The summed E-state index contributed by atoms with van der Waals surface area (Å²) in [7, 11) is 1.77. The molecule has 0 unspecified atom stereocenters. The number of hydrogen-bond donors (Lipinski definition) is 1. The van der Waals surface area contributed by atoms with Crippen molar-refractivity contribution in [2.75, 3.05) is 23.8 Å². The molecule has 24 heavy (non-hydrogen) atoms. The van der Waals surface area contributed by atoms with E-state index in [-0.39, 0.29) is 18.3 Å². The number of hydrogen-bond acceptors (Lipinski definition) is 4. The standard InChI is InChI=1S/C18H18FN3OS/c1-11-7-8-13(9-12(11)2)20-16(23)10-22(3)18-21-17-14(19)5-4-6-15(17)24-18/h4-9H,10H2,1-3H3,(H,20,23). The minimum Gasteiger partial charge on any atom is -0.342 e. The third-order valence-electron chi connectivity index (χ3n) is 3.86. The number of carbonyl (C=O) groups excluding carboxylic acids is 1. The van der Waals surface area contributed by atoms with Gasteiger partial charge in [-0.3, -0.25) is 4.79 Å². The number of carbonyl (C=O) groups is 1. The summed E-state index contributed by atoms with van der Waals surface area (Å²) in [4.78, 5) is 18.2. The Morgan fingerprint density at radius 1 is 1.25 bits per heavy atom. The molecule has 3 aromatic rings. The monoisotopic (exact) mass is 343 g/mol. The maximum Gasteiger partial charge on any atom is 0.243 e. The summed E-state index contributed by atoms with van der Waals surface area (Å²) in [6.07, 6.45) is 0. The number of fused-ring (bicyclic) bond motifs is 1. The molecular formula is C18H18FN3OS. The lowest BCUT2D eigenvalue weighted by molar-refractivity contribution is -0.114. The van der Waals surface area contributed by atoms with E-state index < -0.39 is 0 Å². The molecule has 0 fully saturated rings. The molecule has 124 valence electrons. The van der Waals surface area contributed by atoms with Gasteiger partial charge in [-0.1, -0.05) is 23.5 Å². The summed E-state index contributed by atoms with van der Waals surface area (Å²) in [5.74, 6) is -0.483. The number of likely N-dealkylation sites (N-methyl/N-ethyl adjacent to an activating group) is 1. The molecule has 1 aromatic heterocycles. The van der Waals surface area contributed by atoms with Crippen LogP contribution >= 0.6 is 11.3 Å². The minimum atomic E-state index is -0.344. The van der Waals surface area contributed by atoms with Crippen molar-refractivity contribution in [2.24, 2.45) is 0 Å². The van der Waals surface area contributed by atoms with Crippen LogP contribution in [0, 0.1) is 19.7 Å². The number of aryl methyl sites for hydroxylation is 2. The lowest BCUT2D eigenvalue weighted by atomic mass is 10.1. The molecule has 1 N–H and O–H groups in total. The number of aromatic nitrogens is 1. The van der Waals surface area contributed by atoms with Crippen LogP contribution in [0.4, 0.5) is 15.2 Å². The van der Waals surface area contributed by atoms with E-state index in [4.69, 9.17) is 0 Å². The van der Waals surface area contributed by atoms with E-state index in [1.54, 1.807) is 18.0 Å². The minimum absolute atomic E-state index is 0.138. The summed E-state index contributed by atoms with van der Waals surface area (Å²) >= 11 is 1.37. The van der Waals surface area contributed by atoms with Crippen LogP contribution in [0.1, 0.15) is 11.1 Å². The van der Waals surface area contributed by atoms with E-state index in [9.17, 15) is 9.18 Å². The van der Waals surface area contributed by atoms with Gasteiger partial charge in [0.15, 0.2) is 5.13 Å². The van der Waals surface area contributed by atoms with Crippen LogP contribution in [0.25, 0.3) is 10.2 Å². The summed E-state index contributed by atoms with van der Waals surface area (Å²) in [5.41, 5.74) is 3.43. The van der Waals surface area contributed by atoms with Gasteiger partial charge >= 0.3 is 0 Å². The second kappa shape index (κ2) is 6.57. The van der Waals surface area contributed by atoms with Crippen LogP contribution in [0.5, 0.6) is 0 Å². The van der Waals surface area contributed by atoms with Crippen LogP contribution in [0.15, 0.2) is 36.4 Å². The van der Waals surface area contributed by atoms with Gasteiger partial charge in [-0.05, 0) is 49.2 Å². The number of benzene rings is 2. The van der Waals surface area contributed by atoms with Crippen LogP contribution < -0.4 is 10.2 Å². The first kappa shape index (κ1) is 16.4. The van der Waals surface area contributed by atoms with Gasteiger partial charge < -0.3 is 10.2 Å². The zero-order valence-corrected chi connectivity index (χ0v) is 14.6. The van der Waals surface area contributed by atoms with Crippen molar-refractivity contribution in [3.63, 3.8) is 0 Å². The second-order valence-electron chi connectivity index (χ2n) is 5.79. The first-order valence-corrected chi connectivity index (χ1v) is 8.39. The molecule has 1 heterocycles. The van der Waals surface area contributed by atoms with Gasteiger partial charge in [0, 0.05) is 12.7 Å². The predicted octanol–water partition coefficient (Wildman–Crippen LogP) is 4.13. The van der Waals surface area contributed by atoms with E-state index in [2.05, 4.69) is 10.3 Å². The van der Waals surface area contributed by atoms with E-state index in [1.807, 2.05) is 38.1 Å². The summed E-state index contributed by atoms with van der Waals surface area (Å²) < 4.78 is 14.5. The van der Waals surface area contributed by atoms with Crippen LogP contribution in [-0.4, -0.2) is 24.5 Å². The quantitative estimate of drug-likeness (QED) is 0.775. The van der Waals surface area contributed by atoms with Crippen molar-refractivity contribution in [3.05, 3.63) is 53.3 Å². The molecule has 0 saturated heterocycles. The normalized spacial score (nSPS) is 10.8. The fourth-order valence-corrected chi connectivity index (χ4v) is 3.31. The fourth-order valence-electron chi connectivity index (χ4n) is 2.37. The van der Waals surface area contributed by atoms with Crippen LogP contribution in [0.2, 0.25) is 0 Å². The zero-order chi connectivity index (χ0) is 17.3. The summed E-state index contributed by atoms with van der Waals surface area (Å²) in [6, 6.07) is 10.7. The van der Waals surface area contributed by atoms with Crippen molar-refractivity contribution in [3.8, 4) is 0 Å². The zero-order valence-electron chi connectivity index (χ0n) is 13.8. The molecule has 0 bridgehead atoms. The summed E-state index contributed by atoms with van der Waals surface area (Å²) in [5, 5.41) is 3.49. The van der Waals surface area contributed by atoms with Crippen molar-refractivity contribution in [1.82, 2.24) is 4.98 Å². The Bertz CT molecular complexity index is 906. The van der Waals surface area contributed by atoms with Crippen molar-refractivity contribution < 1.29 is 9.18 Å². The van der Waals surface area contributed by atoms with Gasteiger partial charge in [0.25, 0.3) is 0 Å². The Balaban J connectivity index is 1.70. The van der Waals surface area contributed by atoms with Crippen LogP contribution in [-0.2, 0) is 4.79 Å². The highest BCUT2D eigenvalue weighted by Gasteiger charge is 2.14. The molecule has 0 radical (unpaired) electrons. The van der Waals surface area contributed by atoms with Crippen molar-refractivity contribution in [1.29, 1.82) is 0 Å². The topological polar surface area (TPSA) is 45.2 Å². The van der Waals surface area contributed by atoms with E-state index in [0.29, 0.717) is 10.6 Å². The Hall–Kier alpha value is -2.47. The number of para-hydroxylation sites is 1. The maximum absolute atomic E-state index is 13.7. The van der Waals surface area contributed by atoms with E-state index >= 15 is 0 Å². The van der Waals surface area contributed by atoms with Gasteiger partial charge in [0.2, 0.25) is 5.91 Å². The molecule has 0 aliphatic carbocycles. The largest absolute Gasteiger partial charge is 0.342 e. The predicted molar refractivity (Wildman–Crippen MR) is 97.4 cm³/mol. The van der Waals surface area contributed by atoms with Crippen molar-refractivity contribution in [2.45, 2.75) is 13.8 Å². The van der Waals surface area contributed by atoms with E-state index in [0.717, 1.165) is 16.0 Å². The van der Waals surface area contributed by atoms with Gasteiger partial charge in [-0.2, -0.15) is 0 Å². The molecule has 2 aromatic carbocycles. The number of anilines is 2. The Kier molecular flexibility index (Phi) is 4.49. The van der Waals surface area contributed by atoms with Crippen LogP contribution in [0.3, 0.4) is 0 Å². The molecule has 4 nitrogen and oxygen atoms in total. The first-order valence-electron chi connectivity index (χ1n) is 7.57. The molecule has 0 aliphatic heterocycles. The maximum atomic E-state index is 13.7. The average molecular weight is 343 g/mol. The molecule has 0 saturated carbocycles. The average Bonchev–Trinajstić information content (AvgIpc) is 2.97. The lowest BCUT2D eigenvalue weighted by Gasteiger charge is -2.15. The second-order valence-corrected chi connectivity index (χ2v) is 6.80. The van der Waals surface area contributed by atoms with Gasteiger partial charge in [-0.15, -0.1) is 0 Å². The summed E-state index contributed by atoms with van der Waals surface area (Å²) in [6.45, 7) is 4.18. The van der Waals surface area contributed by atoms with Crippen molar-refractivity contribution >= 4 is 38.3 Å². The van der Waals surface area contributed by atoms with Gasteiger partial charge in [0.05, 0.1) is 11.2 Å². The molecule has 1 amide bonds. The fraction of sp³-hybridized carbons (Fsp3) is 0.222. The third-order valence-corrected chi connectivity index (χ3v) is 4.99. The number of nitrogens with zero attached hydrogens (tertiary/aromatic N) is 2. The molecule has 0 spiro atoms. The van der Waals surface area contributed by atoms with E-state index in [1.165, 1.54) is 23.0 Å². The molecule has 6 heteroatoms. The molecule has 3 rings (SSSR count). The highest BCUT2D eigenvalue weighted by Crippen LogP contribution is 2.29. The number of nitrogens with one attached hydrogen (secondary N) is 1. The first-order chi connectivity index (χ1) is 11.4. The lowest BCUT2D eigenvalue weighted by Crippen LogP contribution is -2.29. The Morgan fingerprint density at radius 3 is 2.75 bits per heavy atom. The Labute approximate surface area is 143 Å². The Morgan fingerprint density at radius 2 is 2.04 bits per heavy atom. The number of amides is 1. The number of thiazole rings is 1. The third kappa shape index (κ3) is 3.38. The van der Waals surface area contributed by atoms with Gasteiger partial charge in [0.1, 0.15) is 11.3 Å². The number of halogens is 1. The smallest absolute Gasteiger partial charge is 0.243 e. The molecule has 0 aliphatic rings. The van der Waals surface area contributed by atoms with Gasteiger partial charge in [-0.25, -0.2) is 9.37 Å².